The molecule has 0 radical (unpaired) electrons. The van der Waals surface area contributed by atoms with Gasteiger partial charge in [-0.2, -0.15) is 0 Å². The molecule has 2 aromatic rings. The molecule has 2 atom stereocenters. The molecule has 0 unspecified atom stereocenters. The summed E-state index contributed by atoms with van der Waals surface area (Å²) in [7, 11) is 0. The normalized spacial score (nSPS) is 21.1. The van der Waals surface area contributed by atoms with E-state index in [2.05, 4.69) is 15.5 Å². The zero-order valence-corrected chi connectivity index (χ0v) is 12.6. The molecule has 0 spiro atoms. The predicted molar refractivity (Wildman–Crippen MR) is 77.6 cm³/mol. The summed E-state index contributed by atoms with van der Waals surface area (Å²) >= 11 is 5.64. The van der Waals surface area contributed by atoms with Crippen LogP contribution in [-0.4, -0.2) is 34.0 Å². The van der Waals surface area contributed by atoms with Crippen LogP contribution in [0.4, 0.5) is 9.18 Å². The molecular formula is C14H13ClFN3O4. The van der Waals surface area contributed by atoms with Crippen LogP contribution in [0.2, 0.25) is 5.02 Å². The van der Waals surface area contributed by atoms with Gasteiger partial charge in [-0.15, -0.1) is 10.2 Å². The number of nitrogens with zero attached hydrogens (tertiary/aromatic N) is 2. The standard InChI is InChI=1S/C14H13ClFN3O4/c15-9-3-1-7(5-10(9)16)12-18-19-13(23-12)11-4-2-8(6-22-11)17-14(20)21/h1,3,5,8,11,17H,2,4,6H2,(H,20,21)/t8-,11+/m1/s1. The zero-order chi connectivity index (χ0) is 16.4. The molecule has 0 saturated carbocycles. The number of rotatable bonds is 3. The molecule has 1 amide bonds. The number of nitrogens with one attached hydrogen (secondary N) is 1. The molecule has 1 aromatic carbocycles. The molecule has 23 heavy (non-hydrogen) atoms. The quantitative estimate of drug-likeness (QED) is 0.890. The molecule has 1 aliphatic heterocycles. The van der Waals surface area contributed by atoms with Crippen LogP contribution in [0.5, 0.6) is 0 Å². The van der Waals surface area contributed by atoms with Gasteiger partial charge in [-0.3, -0.25) is 0 Å². The molecular weight excluding hydrogens is 329 g/mol. The highest BCUT2D eigenvalue weighted by molar-refractivity contribution is 6.30. The van der Waals surface area contributed by atoms with Crippen molar-refractivity contribution >= 4 is 17.7 Å². The summed E-state index contributed by atoms with van der Waals surface area (Å²) in [5.41, 5.74) is 0.423. The lowest BCUT2D eigenvalue weighted by Gasteiger charge is -2.26. The Labute approximate surface area is 135 Å². The molecule has 122 valence electrons. The maximum absolute atomic E-state index is 13.5. The minimum absolute atomic E-state index is 0.0149. The minimum atomic E-state index is -1.08. The fourth-order valence-electron chi connectivity index (χ4n) is 2.35. The molecule has 1 aromatic heterocycles. The summed E-state index contributed by atoms with van der Waals surface area (Å²) in [5.74, 6) is -0.116. The lowest BCUT2D eigenvalue weighted by molar-refractivity contribution is -0.0173. The Morgan fingerprint density at radius 3 is 2.87 bits per heavy atom. The number of amides is 1. The Bertz CT molecular complexity index is 716. The van der Waals surface area contributed by atoms with E-state index >= 15 is 0 Å². The summed E-state index contributed by atoms with van der Waals surface area (Å²) in [4.78, 5) is 10.6. The third kappa shape index (κ3) is 3.59. The van der Waals surface area contributed by atoms with Crippen LogP contribution in [0.25, 0.3) is 11.5 Å². The molecule has 0 aliphatic carbocycles. The van der Waals surface area contributed by atoms with Gasteiger partial charge in [-0.05, 0) is 31.0 Å². The Morgan fingerprint density at radius 1 is 1.39 bits per heavy atom. The first-order chi connectivity index (χ1) is 11.0. The number of carboxylic acid groups (broad SMARTS) is 1. The highest BCUT2D eigenvalue weighted by atomic mass is 35.5. The van der Waals surface area contributed by atoms with Crippen LogP contribution in [0.15, 0.2) is 22.6 Å². The number of benzene rings is 1. The first-order valence-corrected chi connectivity index (χ1v) is 7.30. The van der Waals surface area contributed by atoms with Gasteiger partial charge in [-0.1, -0.05) is 11.6 Å². The van der Waals surface area contributed by atoms with Gasteiger partial charge in [0.1, 0.15) is 11.9 Å². The predicted octanol–water partition coefficient (Wildman–Crippen LogP) is 3.02. The molecule has 0 bridgehead atoms. The van der Waals surface area contributed by atoms with Crippen molar-refractivity contribution in [3.8, 4) is 11.5 Å². The molecule has 2 N–H and O–H groups in total. The average Bonchev–Trinajstić information content (AvgIpc) is 3.00. The van der Waals surface area contributed by atoms with E-state index in [0.29, 0.717) is 18.4 Å². The van der Waals surface area contributed by atoms with E-state index in [-0.39, 0.29) is 29.5 Å². The van der Waals surface area contributed by atoms with Crippen molar-refractivity contribution in [3.05, 3.63) is 34.9 Å². The number of halogens is 2. The van der Waals surface area contributed by atoms with Gasteiger partial charge in [0, 0.05) is 5.56 Å². The van der Waals surface area contributed by atoms with Crippen LogP contribution >= 0.6 is 11.6 Å². The largest absolute Gasteiger partial charge is 0.465 e. The molecule has 1 fully saturated rings. The van der Waals surface area contributed by atoms with Crippen molar-refractivity contribution in [1.29, 1.82) is 0 Å². The lowest BCUT2D eigenvalue weighted by Crippen LogP contribution is -2.40. The molecule has 7 nitrogen and oxygen atoms in total. The van der Waals surface area contributed by atoms with Crippen molar-refractivity contribution < 1.29 is 23.4 Å². The van der Waals surface area contributed by atoms with Crippen LogP contribution in [0.1, 0.15) is 24.8 Å². The SMILES string of the molecule is O=C(O)N[C@@H]1CC[C@@H](c2nnc(-c3ccc(Cl)c(F)c3)o2)OC1. The van der Waals surface area contributed by atoms with Crippen LogP contribution in [-0.2, 0) is 4.74 Å². The molecule has 1 saturated heterocycles. The fourth-order valence-corrected chi connectivity index (χ4v) is 2.46. The number of aromatic nitrogens is 2. The second kappa shape index (κ2) is 6.51. The first-order valence-electron chi connectivity index (χ1n) is 6.93. The second-order valence-corrected chi connectivity index (χ2v) is 5.53. The molecule has 1 aliphatic rings. The maximum Gasteiger partial charge on any atom is 0.404 e. The highest BCUT2D eigenvalue weighted by Gasteiger charge is 2.28. The number of ether oxygens (including phenoxy) is 1. The van der Waals surface area contributed by atoms with E-state index in [4.69, 9.17) is 25.9 Å². The monoisotopic (exact) mass is 341 g/mol. The first kappa shape index (κ1) is 15.7. The molecule has 2 heterocycles. The topological polar surface area (TPSA) is 97.5 Å². The van der Waals surface area contributed by atoms with Gasteiger partial charge < -0.3 is 19.6 Å². The Morgan fingerprint density at radius 2 is 2.22 bits per heavy atom. The van der Waals surface area contributed by atoms with Gasteiger partial charge in [0.2, 0.25) is 11.8 Å². The summed E-state index contributed by atoms with van der Waals surface area (Å²) in [5, 5.41) is 18.9. The number of carbonyl (C=O) groups is 1. The van der Waals surface area contributed by atoms with E-state index in [0.717, 1.165) is 0 Å². The Hall–Kier alpha value is -2.19. The highest BCUT2D eigenvalue weighted by Crippen LogP contribution is 2.30. The Balaban J connectivity index is 1.68. The summed E-state index contributed by atoms with van der Waals surface area (Å²) in [6.07, 6.45) is -0.339. The van der Waals surface area contributed by atoms with E-state index in [1.54, 1.807) is 6.07 Å². The van der Waals surface area contributed by atoms with E-state index in [1.807, 2.05) is 0 Å². The summed E-state index contributed by atoms with van der Waals surface area (Å²) in [6.45, 7) is 0.226. The average molecular weight is 342 g/mol. The van der Waals surface area contributed by atoms with Crippen molar-refractivity contribution in [1.82, 2.24) is 15.5 Å². The van der Waals surface area contributed by atoms with Gasteiger partial charge >= 0.3 is 6.09 Å². The van der Waals surface area contributed by atoms with E-state index in [9.17, 15) is 9.18 Å². The van der Waals surface area contributed by atoms with Crippen LogP contribution in [0.3, 0.4) is 0 Å². The Kier molecular flexibility index (Phi) is 4.44. The third-order valence-electron chi connectivity index (χ3n) is 3.49. The minimum Gasteiger partial charge on any atom is -0.465 e. The third-order valence-corrected chi connectivity index (χ3v) is 3.79. The van der Waals surface area contributed by atoms with Crippen molar-refractivity contribution in [2.24, 2.45) is 0 Å². The number of hydrogen-bond donors (Lipinski definition) is 2. The summed E-state index contributed by atoms with van der Waals surface area (Å²) < 4.78 is 24.6. The van der Waals surface area contributed by atoms with Gasteiger partial charge in [0.25, 0.3) is 0 Å². The number of hydrogen-bond acceptors (Lipinski definition) is 5. The molecule has 3 rings (SSSR count). The smallest absolute Gasteiger partial charge is 0.404 e. The van der Waals surface area contributed by atoms with Gasteiger partial charge in [0.05, 0.1) is 17.7 Å². The van der Waals surface area contributed by atoms with Crippen molar-refractivity contribution in [3.63, 3.8) is 0 Å². The van der Waals surface area contributed by atoms with E-state index < -0.39 is 18.0 Å². The second-order valence-electron chi connectivity index (χ2n) is 5.12. The van der Waals surface area contributed by atoms with E-state index in [1.165, 1.54) is 12.1 Å². The zero-order valence-electron chi connectivity index (χ0n) is 11.8. The van der Waals surface area contributed by atoms with Crippen LogP contribution < -0.4 is 5.32 Å². The van der Waals surface area contributed by atoms with Crippen LogP contribution in [0, 0.1) is 5.82 Å². The van der Waals surface area contributed by atoms with Crippen molar-refractivity contribution in [2.75, 3.05) is 6.61 Å². The lowest BCUT2D eigenvalue weighted by atomic mass is 10.1. The van der Waals surface area contributed by atoms with Gasteiger partial charge in [0.15, 0.2) is 0 Å². The fraction of sp³-hybridized carbons (Fsp3) is 0.357. The van der Waals surface area contributed by atoms with Crippen molar-refractivity contribution in [2.45, 2.75) is 25.0 Å². The molecule has 9 heteroatoms. The maximum atomic E-state index is 13.5. The summed E-state index contributed by atoms with van der Waals surface area (Å²) in [6, 6.07) is 3.96. The van der Waals surface area contributed by atoms with Gasteiger partial charge in [-0.25, -0.2) is 9.18 Å².